The number of allylic oxidation sites excluding steroid dienone is 8. The Morgan fingerprint density at radius 1 is 0.889 bits per heavy atom. The second-order valence-corrected chi connectivity index (χ2v) is 11.6. The van der Waals surface area contributed by atoms with Gasteiger partial charge in [-0.25, -0.2) is 0 Å². The first-order chi connectivity index (χ1) is 17.2. The fraction of sp³-hybridized carbons (Fsp3) is 0.364. The zero-order valence-corrected chi connectivity index (χ0v) is 23.0. The van der Waals surface area contributed by atoms with Crippen molar-refractivity contribution in [1.29, 1.82) is 0 Å². The quantitative estimate of drug-likeness (QED) is 0.402. The van der Waals surface area contributed by atoms with Crippen LogP contribution in [-0.2, 0) is 10.8 Å². The van der Waals surface area contributed by atoms with Crippen LogP contribution >= 0.6 is 11.6 Å². The summed E-state index contributed by atoms with van der Waals surface area (Å²) in [5.74, 6) is 0. The molecule has 186 valence electrons. The van der Waals surface area contributed by atoms with Gasteiger partial charge in [-0.2, -0.15) is 0 Å². The van der Waals surface area contributed by atoms with Gasteiger partial charge in [0.15, 0.2) is 0 Å². The molecule has 0 atom stereocenters. The first-order valence-corrected chi connectivity index (χ1v) is 13.7. The maximum absolute atomic E-state index is 7.01. The Balaban J connectivity index is 1.45. The van der Waals surface area contributed by atoms with E-state index in [0.717, 1.165) is 48.7 Å². The van der Waals surface area contributed by atoms with E-state index in [1.54, 1.807) is 0 Å². The van der Waals surface area contributed by atoms with Gasteiger partial charge in [-0.15, -0.1) is 0 Å². The number of anilines is 1. The number of para-hydroxylation sites is 2. The first kappa shape index (κ1) is 24.8. The van der Waals surface area contributed by atoms with Gasteiger partial charge in [0.05, 0.1) is 11.4 Å². The lowest BCUT2D eigenvalue weighted by Crippen LogP contribution is -2.26. The standard InChI is InChI=1S/C33H37ClN2/c1-6-22-36-28-17-10-8-15-26(28)33(4,5)30(36)21-19-24-13-11-12-23(31(24)34)18-20-29-32(2,3)25-14-7-9-16-27(25)35-29/h7-10,14-21H,6,11-13,22H2,1-5H3/b20-18+,24-19+,30-21+. The maximum atomic E-state index is 7.01. The van der Waals surface area contributed by atoms with Crippen LogP contribution < -0.4 is 4.90 Å². The van der Waals surface area contributed by atoms with Crippen molar-refractivity contribution in [2.24, 2.45) is 4.99 Å². The molecule has 3 aliphatic rings. The van der Waals surface area contributed by atoms with Crippen LogP contribution in [0.3, 0.4) is 0 Å². The Labute approximate surface area is 221 Å². The van der Waals surface area contributed by atoms with Crippen LogP contribution in [0.25, 0.3) is 0 Å². The van der Waals surface area contributed by atoms with E-state index in [1.807, 2.05) is 0 Å². The van der Waals surface area contributed by atoms with Crippen molar-refractivity contribution >= 4 is 28.7 Å². The number of hydrogen-bond donors (Lipinski definition) is 0. The Morgan fingerprint density at radius 3 is 2.36 bits per heavy atom. The summed E-state index contributed by atoms with van der Waals surface area (Å²) >= 11 is 7.01. The van der Waals surface area contributed by atoms with Crippen molar-refractivity contribution in [3.63, 3.8) is 0 Å². The van der Waals surface area contributed by atoms with E-state index in [0.29, 0.717) is 0 Å². The predicted octanol–water partition coefficient (Wildman–Crippen LogP) is 9.30. The average molecular weight is 497 g/mol. The summed E-state index contributed by atoms with van der Waals surface area (Å²) < 4.78 is 0. The molecular weight excluding hydrogens is 460 g/mol. The lowest BCUT2D eigenvalue weighted by molar-refractivity contribution is 0.629. The van der Waals surface area contributed by atoms with Crippen LogP contribution in [0.5, 0.6) is 0 Å². The van der Waals surface area contributed by atoms with Crippen molar-refractivity contribution in [1.82, 2.24) is 0 Å². The molecule has 0 saturated heterocycles. The number of nitrogens with zero attached hydrogens (tertiary/aromatic N) is 2. The molecule has 0 amide bonds. The zero-order chi connectivity index (χ0) is 25.5. The van der Waals surface area contributed by atoms with Gasteiger partial charge in [-0.3, -0.25) is 4.99 Å². The van der Waals surface area contributed by atoms with Gasteiger partial charge in [0, 0.05) is 33.8 Å². The molecule has 1 aliphatic carbocycles. The molecule has 0 fully saturated rings. The molecule has 2 heterocycles. The van der Waals surface area contributed by atoms with Crippen molar-refractivity contribution in [3.8, 4) is 0 Å². The monoisotopic (exact) mass is 496 g/mol. The van der Waals surface area contributed by atoms with Crippen molar-refractivity contribution in [3.05, 3.63) is 106 Å². The van der Waals surface area contributed by atoms with Crippen LogP contribution in [0.4, 0.5) is 11.4 Å². The molecular formula is C33H37ClN2. The molecule has 0 saturated carbocycles. The van der Waals surface area contributed by atoms with Gasteiger partial charge in [0.1, 0.15) is 0 Å². The van der Waals surface area contributed by atoms with Crippen LogP contribution in [0.15, 0.2) is 99.7 Å². The average Bonchev–Trinajstić information content (AvgIpc) is 3.25. The lowest BCUT2D eigenvalue weighted by atomic mass is 9.81. The van der Waals surface area contributed by atoms with Gasteiger partial charge in [-0.05, 0) is 72.2 Å². The molecule has 0 N–H and O–H groups in total. The highest BCUT2D eigenvalue weighted by Gasteiger charge is 2.39. The number of halogens is 1. The van der Waals surface area contributed by atoms with Crippen molar-refractivity contribution in [2.45, 2.75) is 71.1 Å². The molecule has 36 heavy (non-hydrogen) atoms. The van der Waals surface area contributed by atoms with E-state index >= 15 is 0 Å². The third-order valence-electron chi connectivity index (χ3n) is 8.05. The van der Waals surface area contributed by atoms with Crippen LogP contribution in [0.2, 0.25) is 0 Å². The normalized spacial score (nSPS) is 22.5. The molecule has 2 aromatic rings. The largest absolute Gasteiger partial charge is 0.344 e. The minimum Gasteiger partial charge on any atom is -0.344 e. The van der Waals surface area contributed by atoms with Crippen molar-refractivity contribution < 1.29 is 0 Å². The number of rotatable bonds is 5. The van der Waals surface area contributed by atoms with E-state index in [4.69, 9.17) is 16.6 Å². The fourth-order valence-corrected chi connectivity index (χ4v) is 6.24. The highest BCUT2D eigenvalue weighted by molar-refractivity contribution is 6.32. The SMILES string of the molecule is CCCN1/C(=C/C=C2\CCCC(/C=C/C3=Nc4ccccc4C3(C)C)=C2Cl)C(C)(C)c2ccccc21. The van der Waals surface area contributed by atoms with E-state index in [-0.39, 0.29) is 10.8 Å². The van der Waals surface area contributed by atoms with Crippen LogP contribution in [0.1, 0.15) is 71.4 Å². The van der Waals surface area contributed by atoms with Gasteiger partial charge < -0.3 is 4.90 Å². The fourth-order valence-electron chi connectivity index (χ4n) is 5.93. The zero-order valence-electron chi connectivity index (χ0n) is 22.2. The maximum Gasteiger partial charge on any atom is 0.0674 e. The van der Waals surface area contributed by atoms with Gasteiger partial charge in [0.25, 0.3) is 0 Å². The van der Waals surface area contributed by atoms with E-state index in [9.17, 15) is 0 Å². The second-order valence-electron chi connectivity index (χ2n) is 11.2. The highest BCUT2D eigenvalue weighted by atomic mass is 35.5. The number of benzene rings is 2. The molecule has 2 nitrogen and oxygen atoms in total. The van der Waals surface area contributed by atoms with E-state index in [2.05, 4.69) is 112 Å². The summed E-state index contributed by atoms with van der Waals surface area (Å²) in [5, 5.41) is 0.902. The molecule has 5 rings (SSSR count). The molecule has 2 aromatic carbocycles. The smallest absolute Gasteiger partial charge is 0.0674 e. The number of hydrogen-bond acceptors (Lipinski definition) is 2. The first-order valence-electron chi connectivity index (χ1n) is 13.3. The molecule has 0 aromatic heterocycles. The third-order valence-corrected chi connectivity index (χ3v) is 8.53. The third kappa shape index (κ3) is 4.20. The number of aliphatic imine (C=N–C) groups is 1. The summed E-state index contributed by atoms with van der Waals surface area (Å²) in [7, 11) is 0. The minimum atomic E-state index is -0.0936. The number of fused-ring (bicyclic) bond motifs is 2. The molecule has 0 unspecified atom stereocenters. The predicted molar refractivity (Wildman–Crippen MR) is 156 cm³/mol. The summed E-state index contributed by atoms with van der Waals surface area (Å²) in [6.07, 6.45) is 13.2. The van der Waals surface area contributed by atoms with E-state index < -0.39 is 0 Å². The summed E-state index contributed by atoms with van der Waals surface area (Å²) in [4.78, 5) is 7.41. The highest BCUT2D eigenvalue weighted by Crippen LogP contribution is 2.48. The van der Waals surface area contributed by atoms with Crippen LogP contribution in [-0.4, -0.2) is 12.3 Å². The van der Waals surface area contributed by atoms with Crippen LogP contribution in [0, 0.1) is 0 Å². The molecule has 3 heteroatoms. The van der Waals surface area contributed by atoms with Gasteiger partial charge in [-0.1, -0.05) is 94.8 Å². The second kappa shape index (κ2) is 9.56. The van der Waals surface area contributed by atoms with E-state index in [1.165, 1.54) is 33.7 Å². The summed E-state index contributed by atoms with van der Waals surface area (Å²) in [5.41, 5.74) is 9.87. The van der Waals surface area contributed by atoms with Gasteiger partial charge >= 0.3 is 0 Å². The molecule has 0 bridgehead atoms. The molecule has 0 radical (unpaired) electrons. The minimum absolute atomic E-state index is 0.0301. The Bertz CT molecular complexity index is 1330. The Kier molecular flexibility index (Phi) is 6.59. The topological polar surface area (TPSA) is 15.6 Å². The molecule has 2 aliphatic heterocycles. The van der Waals surface area contributed by atoms with Crippen molar-refractivity contribution in [2.75, 3.05) is 11.4 Å². The summed E-state index contributed by atoms with van der Waals surface area (Å²) in [6, 6.07) is 17.3. The Morgan fingerprint density at radius 2 is 1.61 bits per heavy atom. The Hall–Kier alpha value is -2.84. The molecule has 0 spiro atoms. The lowest BCUT2D eigenvalue weighted by Gasteiger charge is -2.27. The summed E-state index contributed by atoms with van der Waals surface area (Å²) in [6.45, 7) is 12.4. The van der Waals surface area contributed by atoms with Gasteiger partial charge in [0.2, 0.25) is 0 Å².